The molecule has 2 nitrogen and oxygen atoms in total. The number of nitrogen functional groups attached to an aromatic ring is 1. The molecule has 0 saturated carbocycles. The SMILES string of the molecule is Cc1cc(C#N)c2ccsc2c1N. The molecule has 0 aliphatic rings. The number of hydrogen-bond donors (Lipinski definition) is 1. The van der Waals surface area contributed by atoms with Crippen LogP contribution in [0.5, 0.6) is 0 Å². The third-order valence-electron chi connectivity index (χ3n) is 2.11. The van der Waals surface area contributed by atoms with E-state index in [1.807, 2.05) is 24.4 Å². The van der Waals surface area contributed by atoms with Crippen LogP contribution in [0, 0.1) is 18.3 Å². The van der Waals surface area contributed by atoms with E-state index in [2.05, 4.69) is 6.07 Å². The van der Waals surface area contributed by atoms with Crippen LogP contribution in [0.25, 0.3) is 10.1 Å². The van der Waals surface area contributed by atoms with Gasteiger partial charge in [-0.25, -0.2) is 0 Å². The predicted octanol–water partition coefficient (Wildman–Crippen LogP) is 2.66. The first-order valence-corrected chi connectivity index (χ1v) is 4.78. The zero-order valence-corrected chi connectivity index (χ0v) is 7.98. The highest BCUT2D eigenvalue weighted by Crippen LogP contribution is 2.31. The van der Waals surface area contributed by atoms with E-state index in [9.17, 15) is 0 Å². The second-order valence-corrected chi connectivity index (χ2v) is 3.85. The van der Waals surface area contributed by atoms with Crippen LogP contribution < -0.4 is 5.73 Å². The zero-order chi connectivity index (χ0) is 9.42. The number of nitrogens with two attached hydrogens (primary N) is 1. The number of aryl methyl sites for hydroxylation is 1. The quantitative estimate of drug-likeness (QED) is 0.646. The normalized spacial score (nSPS) is 10.2. The summed E-state index contributed by atoms with van der Waals surface area (Å²) in [4.78, 5) is 0. The zero-order valence-electron chi connectivity index (χ0n) is 7.16. The second-order valence-electron chi connectivity index (χ2n) is 2.93. The number of fused-ring (bicyclic) bond motifs is 1. The molecule has 0 aliphatic carbocycles. The molecule has 0 aliphatic heterocycles. The average molecular weight is 188 g/mol. The van der Waals surface area contributed by atoms with Gasteiger partial charge in [-0.1, -0.05) is 0 Å². The molecule has 64 valence electrons. The Kier molecular flexibility index (Phi) is 1.71. The van der Waals surface area contributed by atoms with Crippen molar-refractivity contribution in [2.45, 2.75) is 6.92 Å². The lowest BCUT2D eigenvalue weighted by Crippen LogP contribution is -1.90. The molecule has 0 fully saturated rings. The fourth-order valence-corrected chi connectivity index (χ4v) is 2.31. The van der Waals surface area contributed by atoms with Crippen molar-refractivity contribution in [3.05, 3.63) is 28.6 Å². The number of nitriles is 1. The topological polar surface area (TPSA) is 49.8 Å². The van der Waals surface area contributed by atoms with Gasteiger partial charge >= 0.3 is 0 Å². The Labute approximate surface area is 80.2 Å². The third kappa shape index (κ3) is 1.07. The highest BCUT2D eigenvalue weighted by molar-refractivity contribution is 7.17. The monoisotopic (exact) mass is 188 g/mol. The maximum Gasteiger partial charge on any atom is 0.0998 e. The third-order valence-corrected chi connectivity index (χ3v) is 3.05. The molecule has 1 aromatic carbocycles. The molecule has 1 heterocycles. The highest BCUT2D eigenvalue weighted by Gasteiger charge is 2.07. The Morgan fingerprint density at radius 1 is 1.54 bits per heavy atom. The lowest BCUT2D eigenvalue weighted by Gasteiger charge is -2.02. The molecule has 0 spiro atoms. The number of anilines is 1. The van der Waals surface area contributed by atoms with Crippen molar-refractivity contribution in [2.75, 3.05) is 5.73 Å². The minimum absolute atomic E-state index is 0.711. The van der Waals surface area contributed by atoms with E-state index in [-0.39, 0.29) is 0 Å². The van der Waals surface area contributed by atoms with Gasteiger partial charge in [0.25, 0.3) is 0 Å². The molecule has 13 heavy (non-hydrogen) atoms. The van der Waals surface area contributed by atoms with Gasteiger partial charge in [0, 0.05) is 5.39 Å². The van der Waals surface area contributed by atoms with E-state index in [1.54, 1.807) is 11.3 Å². The van der Waals surface area contributed by atoms with Crippen molar-refractivity contribution in [1.29, 1.82) is 5.26 Å². The molecule has 0 unspecified atom stereocenters. The van der Waals surface area contributed by atoms with Crippen LogP contribution >= 0.6 is 11.3 Å². The molecule has 0 radical (unpaired) electrons. The number of rotatable bonds is 0. The Bertz CT molecular complexity index is 505. The molecule has 2 aromatic rings. The molecule has 0 atom stereocenters. The molecule has 0 bridgehead atoms. The molecular weight excluding hydrogens is 180 g/mol. The van der Waals surface area contributed by atoms with Crippen LogP contribution in [-0.4, -0.2) is 0 Å². The molecule has 0 saturated heterocycles. The van der Waals surface area contributed by atoms with Crippen molar-refractivity contribution < 1.29 is 0 Å². The van der Waals surface area contributed by atoms with E-state index in [0.29, 0.717) is 5.56 Å². The Morgan fingerprint density at radius 2 is 2.31 bits per heavy atom. The van der Waals surface area contributed by atoms with Gasteiger partial charge in [-0.15, -0.1) is 11.3 Å². The molecule has 0 amide bonds. The van der Waals surface area contributed by atoms with Gasteiger partial charge in [0.1, 0.15) is 0 Å². The van der Waals surface area contributed by atoms with Gasteiger partial charge in [0.2, 0.25) is 0 Å². The Hall–Kier alpha value is -1.53. The fraction of sp³-hybridized carbons (Fsp3) is 0.100. The largest absolute Gasteiger partial charge is 0.397 e. The van der Waals surface area contributed by atoms with Crippen LogP contribution in [0.4, 0.5) is 5.69 Å². The van der Waals surface area contributed by atoms with Gasteiger partial charge in [0.05, 0.1) is 22.0 Å². The van der Waals surface area contributed by atoms with Gasteiger partial charge in [-0.05, 0) is 30.0 Å². The molecule has 1 aromatic heterocycles. The lowest BCUT2D eigenvalue weighted by atomic mass is 10.1. The van der Waals surface area contributed by atoms with Gasteiger partial charge in [-0.3, -0.25) is 0 Å². The maximum absolute atomic E-state index is 8.88. The lowest BCUT2D eigenvalue weighted by molar-refractivity contribution is 1.46. The minimum Gasteiger partial charge on any atom is -0.397 e. The van der Waals surface area contributed by atoms with E-state index in [1.165, 1.54) is 0 Å². The molecule has 2 rings (SSSR count). The van der Waals surface area contributed by atoms with E-state index in [4.69, 9.17) is 11.0 Å². The molecule has 3 heteroatoms. The summed E-state index contributed by atoms with van der Waals surface area (Å²) in [5.41, 5.74) is 8.37. The van der Waals surface area contributed by atoms with Crippen LogP contribution in [0.15, 0.2) is 17.5 Å². The standard InChI is InChI=1S/C10H8N2S/c1-6-4-7(5-11)8-2-3-13-10(8)9(6)12/h2-4H,12H2,1H3. The van der Waals surface area contributed by atoms with Crippen molar-refractivity contribution in [1.82, 2.24) is 0 Å². The Morgan fingerprint density at radius 3 is 3.00 bits per heavy atom. The summed E-state index contributed by atoms with van der Waals surface area (Å²) in [6.07, 6.45) is 0. The summed E-state index contributed by atoms with van der Waals surface area (Å²) in [6, 6.07) is 5.95. The predicted molar refractivity (Wildman–Crippen MR) is 55.7 cm³/mol. The van der Waals surface area contributed by atoms with E-state index >= 15 is 0 Å². The summed E-state index contributed by atoms with van der Waals surface area (Å²) in [7, 11) is 0. The van der Waals surface area contributed by atoms with E-state index < -0.39 is 0 Å². The summed E-state index contributed by atoms with van der Waals surface area (Å²) >= 11 is 1.58. The fourth-order valence-electron chi connectivity index (χ4n) is 1.37. The van der Waals surface area contributed by atoms with Gasteiger partial charge in [-0.2, -0.15) is 5.26 Å². The summed E-state index contributed by atoms with van der Waals surface area (Å²) in [5.74, 6) is 0. The second kappa shape index (κ2) is 2.75. The number of benzene rings is 1. The first kappa shape index (κ1) is 8.09. The highest BCUT2D eigenvalue weighted by atomic mass is 32.1. The van der Waals surface area contributed by atoms with Crippen molar-refractivity contribution >= 4 is 27.1 Å². The summed E-state index contributed by atoms with van der Waals surface area (Å²) in [5, 5.41) is 11.8. The molecular formula is C10H8N2S. The van der Waals surface area contributed by atoms with Crippen molar-refractivity contribution in [2.24, 2.45) is 0 Å². The van der Waals surface area contributed by atoms with Crippen molar-refractivity contribution in [3.8, 4) is 6.07 Å². The number of thiophene rings is 1. The van der Waals surface area contributed by atoms with Gasteiger partial charge in [0.15, 0.2) is 0 Å². The first-order valence-electron chi connectivity index (χ1n) is 3.90. The Balaban J connectivity index is 2.97. The van der Waals surface area contributed by atoms with Crippen molar-refractivity contribution in [3.63, 3.8) is 0 Å². The number of hydrogen-bond acceptors (Lipinski definition) is 3. The van der Waals surface area contributed by atoms with Crippen LogP contribution in [0.3, 0.4) is 0 Å². The summed E-state index contributed by atoms with van der Waals surface area (Å²) in [6.45, 7) is 1.93. The van der Waals surface area contributed by atoms with E-state index in [0.717, 1.165) is 21.3 Å². The smallest absolute Gasteiger partial charge is 0.0998 e. The number of nitrogens with zero attached hydrogens (tertiary/aromatic N) is 1. The van der Waals surface area contributed by atoms with Crippen LogP contribution in [0.1, 0.15) is 11.1 Å². The average Bonchev–Trinajstić information content (AvgIpc) is 2.60. The first-order chi connectivity index (χ1) is 6.24. The minimum atomic E-state index is 0.711. The maximum atomic E-state index is 8.88. The van der Waals surface area contributed by atoms with Crippen LogP contribution in [0.2, 0.25) is 0 Å². The summed E-state index contributed by atoms with van der Waals surface area (Å²) < 4.78 is 1.02. The molecule has 2 N–H and O–H groups in total. The van der Waals surface area contributed by atoms with Gasteiger partial charge < -0.3 is 5.73 Å². The van der Waals surface area contributed by atoms with Crippen LogP contribution in [-0.2, 0) is 0 Å².